The number of aryl methyl sites for hydroxylation is 2. The first-order valence-electron chi connectivity index (χ1n) is 8.70. The lowest BCUT2D eigenvalue weighted by Gasteiger charge is -2.32. The Kier molecular flexibility index (Phi) is 5.04. The number of aromatic nitrogens is 2. The first-order chi connectivity index (χ1) is 11.5. The van der Waals surface area contributed by atoms with Gasteiger partial charge in [0.2, 0.25) is 0 Å². The van der Waals surface area contributed by atoms with Gasteiger partial charge in [0.25, 0.3) is 0 Å². The van der Waals surface area contributed by atoms with Gasteiger partial charge in [-0.1, -0.05) is 19.3 Å². The van der Waals surface area contributed by atoms with Crippen LogP contribution >= 0.6 is 11.3 Å². The van der Waals surface area contributed by atoms with Gasteiger partial charge in [0.1, 0.15) is 21.3 Å². The second kappa shape index (κ2) is 7.05. The van der Waals surface area contributed by atoms with Gasteiger partial charge in [-0.3, -0.25) is 0 Å². The summed E-state index contributed by atoms with van der Waals surface area (Å²) in [5, 5.41) is 1.00. The molecule has 1 aliphatic rings. The first kappa shape index (κ1) is 17.1. The van der Waals surface area contributed by atoms with Crippen molar-refractivity contribution in [3.63, 3.8) is 0 Å². The number of anilines is 1. The molecule has 0 radical (unpaired) electrons. The Balaban J connectivity index is 2.08. The van der Waals surface area contributed by atoms with Gasteiger partial charge in [-0.2, -0.15) is 0 Å². The topological polar surface area (TPSA) is 55.3 Å². The molecule has 130 valence electrons. The Bertz CT molecular complexity index is 750. The quantitative estimate of drug-likeness (QED) is 0.774. The fourth-order valence-corrected chi connectivity index (χ4v) is 4.62. The van der Waals surface area contributed by atoms with E-state index >= 15 is 0 Å². The number of rotatable bonds is 4. The lowest BCUT2D eigenvalue weighted by molar-refractivity contribution is 0.0531. The Morgan fingerprint density at radius 2 is 1.96 bits per heavy atom. The summed E-state index contributed by atoms with van der Waals surface area (Å²) in [6.45, 7) is 6.09. The van der Waals surface area contributed by atoms with E-state index < -0.39 is 0 Å². The Hall–Kier alpha value is -1.69. The lowest BCUT2D eigenvalue weighted by Crippen LogP contribution is -2.34. The summed E-state index contributed by atoms with van der Waals surface area (Å²) in [7, 11) is 2.12. The van der Waals surface area contributed by atoms with Crippen LogP contribution in [-0.2, 0) is 4.74 Å². The molecule has 0 aromatic carbocycles. The molecular weight excluding hydrogens is 322 g/mol. The van der Waals surface area contributed by atoms with Gasteiger partial charge in [0, 0.05) is 13.1 Å². The second-order valence-corrected chi connectivity index (χ2v) is 7.45. The van der Waals surface area contributed by atoms with Crippen LogP contribution in [0.3, 0.4) is 0 Å². The van der Waals surface area contributed by atoms with Crippen molar-refractivity contribution in [2.45, 2.75) is 58.9 Å². The molecule has 0 N–H and O–H groups in total. The predicted molar refractivity (Wildman–Crippen MR) is 98.1 cm³/mol. The zero-order valence-corrected chi connectivity index (χ0v) is 15.7. The number of carbonyl (C=O) groups is 1. The van der Waals surface area contributed by atoms with Crippen LogP contribution in [0.1, 0.15) is 60.1 Å². The summed E-state index contributed by atoms with van der Waals surface area (Å²) in [5.74, 6) is 1.44. The predicted octanol–water partition coefficient (Wildman–Crippen LogP) is 4.25. The normalized spacial score (nSPS) is 15.7. The van der Waals surface area contributed by atoms with Crippen molar-refractivity contribution in [2.75, 3.05) is 18.6 Å². The lowest BCUT2D eigenvalue weighted by atomic mass is 9.94. The van der Waals surface area contributed by atoms with Crippen molar-refractivity contribution in [3.05, 3.63) is 16.3 Å². The van der Waals surface area contributed by atoms with Crippen LogP contribution in [0.15, 0.2) is 0 Å². The fourth-order valence-electron chi connectivity index (χ4n) is 3.51. The smallest absolute Gasteiger partial charge is 0.348 e. The molecule has 0 atom stereocenters. The maximum atomic E-state index is 12.2. The summed E-state index contributed by atoms with van der Waals surface area (Å²) < 4.78 is 5.19. The molecule has 2 aromatic heterocycles. The minimum absolute atomic E-state index is 0.262. The SMILES string of the molecule is CCOC(=O)c1sc2nc(C)nc(N(C)C3CCCCC3)c2c1C. The fraction of sp³-hybridized carbons (Fsp3) is 0.611. The van der Waals surface area contributed by atoms with Gasteiger partial charge in [-0.25, -0.2) is 14.8 Å². The van der Waals surface area contributed by atoms with Crippen LogP contribution in [0.4, 0.5) is 5.82 Å². The maximum Gasteiger partial charge on any atom is 0.348 e. The number of ether oxygens (including phenoxy) is 1. The van der Waals surface area contributed by atoms with E-state index in [-0.39, 0.29) is 5.97 Å². The zero-order chi connectivity index (χ0) is 17.3. The molecule has 6 heteroatoms. The molecule has 0 spiro atoms. The third-order valence-electron chi connectivity index (χ3n) is 4.80. The average Bonchev–Trinajstić information content (AvgIpc) is 2.91. The van der Waals surface area contributed by atoms with Crippen molar-refractivity contribution in [1.82, 2.24) is 9.97 Å². The van der Waals surface area contributed by atoms with Gasteiger partial charge >= 0.3 is 5.97 Å². The Labute approximate surface area is 147 Å². The molecule has 0 saturated heterocycles. The Morgan fingerprint density at radius 3 is 2.62 bits per heavy atom. The number of hydrogen-bond donors (Lipinski definition) is 0. The van der Waals surface area contributed by atoms with Crippen molar-refractivity contribution < 1.29 is 9.53 Å². The van der Waals surface area contributed by atoms with E-state index in [1.165, 1.54) is 43.4 Å². The number of hydrogen-bond acceptors (Lipinski definition) is 6. The largest absolute Gasteiger partial charge is 0.462 e. The van der Waals surface area contributed by atoms with Crippen LogP contribution < -0.4 is 4.90 Å². The van der Waals surface area contributed by atoms with E-state index in [1.807, 2.05) is 20.8 Å². The summed E-state index contributed by atoms with van der Waals surface area (Å²) in [6, 6.07) is 0.515. The van der Waals surface area contributed by atoms with E-state index in [9.17, 15) is 4.79 Å². The monoisotopic (exact) mass is 347 g/mol. The highest BCUT2D eigenvalue weighted by atomic mass is 32.1. The molecule has 2 heterocycles. The van der Waals surface area contributed by atoms with Crippen LogP contribution in [0.2, 0.25) is 0 Å². The van der Waals surface area contributed by atoms with Gasteiger partial charge in [-0.05, 0) is 39.2 Å². The third kappa shape index (κ3) is 3.11. The van der Waals surface area contributed by atoms with Gasteiger partial charge < -0.3 is 9.64 Å². The molecule has 1 aliphatic carbocycles. The van der Waals surface area contributed by atoms with Crippen LogP contribution in [0, 0.1) is 13.8 Å². The molecule has 0 aliphatic heterocycles. The average molecular weight is 347 g/mol. The number of esters is 1. The molecular formula is C18H25N3O2S. The maximum absolute atomic E-state index is 12.2. The van der Waals surface area contributed by atoms with E-state index in [0.29, 0.717) is 17.5 Å². The minimum atomic E-state index is -0.262. The number of carbonyl (C=O) groups excluding carboxylic acids is 1. The van der Waals surface area contributed by atoms with Gasteiger partial charge in [-0.15, -0.1) is 11.3 Å². The van der Waals surface area contributed by atoms with E-state index in [2.05, 4.69) is 16.9 Å². The summed E-state index contributed by atoms with van der Waals surface area (Å²) >= 11 is 1.41. The summed E-state index contributed by atoms with van der Waals surface area (Å²) in [4.78, 5) is 25.3. The zero-order valence-electron chi connectivity index (χ0n) is 14.9. The molecule has 3 rings (SSSR count). The molecule has 0 bridgehead atoms. The van der Waals surface area contributed by atoms with Crippen molar-refractivity contribution in [2.24, 2.45) is 0 Å². The molecule has 0 amide bonds. The minimum Gasteiger partial charge on any atom is -0.462 e. The van der Waals surface area contributed by atoms with E-state index in [1.54, 1.807) is 0 Å². The van der Waals surface area contributed by atoms with E-state index in [0.717, 1.165) is 27.4 Å². The molecule has 0 unspecified atom stereocenters. The second-order valence-electron chi connectivity index (χ2n) is 6.45. The first-order valence-corrected chi connectivity index (χ1v) is 9.52. The van der Waals surface area contributed by atoms with Gasteiger partial charge in [0.15, 0.2) is 0 Å². The molecule has 24 heavy (non-hydrogen) atoms. The summed E-state index contributed by atoms with van der Waals surface area (Å²) in [5.41, 5.74) is 0.936. The molecule has 5 nitrogen and oxygen atoms in total. The Morgan fingerprint density at radius 1 is 1.25 bits per heavy atom. The molecule has 2 aromatic rings. The highest BCUT2D eigenvalue weighted by molar-refractivity contribution is 7.20. The highest BCUT2D eigenvalue weighted by Crippen LogP contribution is 2.37. The van der Waals surface area contributed by atoms with Crippen LogP contribution in [-0.4, -0.2) is 35.6 Å². The summed E-state index contributed by atoms with van der Waals surface area (Å²) in [6.07, 6.45) is 6.29. The number of fused-ring (bicyclic) bond motifs is 1. The van der Waals surface area contributed by atoms with Crippen LogP contribution in [0.25, 0.3) is 10.2 Å². The standard InChI is InChI=1S/C18H25N3O2S/c1-5-23-18(22)15-11(2)14-16(19-12(3)20-17(14)24-15)21(4)13-9-7-6-8-10-13/h13H,5-10H2,1-4H3. The molecule has 1 fully saturated rings. The van der Waals surface area contributed by atoms with Crippen molar-refractivity contribution in [3.8, 4) is 0 Å². The number of thiophene rings is 1. The highest BCUT2D eigenvalue weighted by Gasteiger charge is 2.25. The van der Waals surface area contributed by atoms with Crippen molar-refractivity contribution >= 4 is 33.3 Å². The van der Waals surface area contributed by atoms with Crippen LogP contribution in [0.5, 0.6) is 0 Å². The van der Waals surface area contributed by atoms with E-state index in [4.69, 9.17) is 9.72 Å². The van der Waals surface area contributed by atoms with Crippen molar-refractivity contribution in [1.29, 1.82) is 0 Å². The molecule has 1 saturated carbocycles. The number of nitrogens with zero attached hydrogens (tertiary/aromatic N) is 3. The third-order valence-corrected chi connectivity index (χ3v) is 5.97. The van der Waals surface area contributed by atoms with Gasteiger partial charge in [0.05, 0.1) is 12.0 Å².